The van der Waals surface area contributed by atoms with Crippen molar-refractivity contribution in [2.75, 3.05) is 10.6 Å². The van der Waals surface area contributed by atoms with Crippen LogP contribution in [0.1, 0.15) is 30.5 Å². The van der Waals surface area contributed by atoms with Crippen LogP contribution in [-0.2, 0) is 6.42 Å². The summed E-state index contributed by atoms with van der Waals surface area (Å²) < 4.78 is 1.86. The van der Waals surface area contributed by atoms with Crippen LogP contribution in [0, 0.1) is 0 Å². The second-order valence-corrected chi connectivity index (χ2v) is 11.6. The highest BCUT2D eigenvalue weighted by Gasteiger charge is 2.10. The smallest absolute Gasteiger partial charge is 0.265 e. The minimum Gasteiger partial charge on any atom is -0.321 e. The average molecular weight is 576 g/mol. The number of hydrogen-bond donors (Lipinski definition) is 2. The molecule has 4 aromatic rings. The molecule has 156 valence electrons. The molecule has 0 saturated heterocycles. The molecule has 0 unspecified atom stereocenters. The molecule has 0 spiro atoms. The molecule has 0 atom stereocenters. The Labute approximate surface area is 204 Å². The van der Waals surface area contributed by atoms with Crippen molar-refractivity contribution in [2.24, 2.45) is 0 Å². The Hall–Kier alpha value is -2.26. The van der Waals surface area contributed by atoms with Crippen LogP contribution >= 0.6 is 54.5 Å². The predicted molar refractivity (Wildman–Crippen MR) is 136 cm³/mol. The second-order valence-electron chi connectivity index (χ2n) is 6.69. The third-order valence-corrected chi connectivity index (χ3v) is 7.67. The van der Waals surface area contributed by atoms with Gasteiger partial charge in [-0.05, 0) is 97.9 Å². The number of nitrogens with one attached hydrogen (secondary N) is 2. The molecule has 0 saturated carbocycles. The average Bonchev–Trinajstić information content (AvgIpc) is 3.39. The van der Waals surface area contributed by atoms with Gasteiger partial charge in [0.15, 0.2) is 0 Å². The minimum absolute atomic E-state index is 0.115. The second kappa shape index (κ2) is 9.91. The highest BCUT2D eigenvalue weighted by Crippen LogP contribution is 2.24. The number of amides is 2. The molecule has 4 rings (SSSR count). The van der Waals surface area contributed by atoms with Crippen LogP contribution < -0.4 is 10.6 Å². The Kier molecular flexibility index (Phi) is 7.02. The van der Waals surface area contributed by atoms with Gasteiger partial charge < -0.3 is 10.6 Å². The van der Waals surface area contributed by atoms with Crippen molar-refractivity contribution < 1.29 is 9.59 Å². The van der Waals surface area contributed by atoms with Crippen molar-refractivity contribution in [3.63, 3.8) is 0 Å². The molecule has 0 radical (unpaired) electrons. The monoisotopic (exact) mass is 574 g/mol. The molecule has 0 aliphatic heterocycles. The van der Waals surface area contributed by atoms with Gasteiger partial charge in [0.1, 0.15) is 0 Å². The normalized spacial score (nSPS) is 10.6. The zero-order valence-electron chi connectivity index (χ0n) is 16.0. The number of halogens is 2. The van der Waals surface area contributed by atoms with Gasteiger partial charge in [-0.15, -0.1) is 22.7 Å². The first-order chi connectivity index (χ1) is 15.0. The number of benzene rings is 2. The topological polar surface area (TPSA) is 58.2 Å². The summed E-state index contributed by atoms with van der Waals surface area (Å²) in [5, 5.41) is 5.82. The van der Waals surface area contributed by atoms with E-state index in [-0.39, 0.29) is 11.8 Å². The summed E-state index contributed by atoms with van der Waals surface area (Å²) in [6.07, 6.45) is 0.762. The minimum atomic E-state index is -0.115. The lowest BCUT2D eigenvalue weighted by Crippen LogP contribution is -2.10. The molecule has 0 fully saturated rings. The molecule has 0 bridgehead atoms. The maximum absolute atomic E-state index is 12.3. The Balaban J connectivity index is 1.33. The van der Waals surface area contributed by atoms with Crippen LogP contribution in [0.15, 0.2) is 80.4 Å². The third-order valence-electron chi connectivity index (χ3n) is 4.43. The summed E-state index contributed by atoms with van der Waals surface area (Å²) in [7, 11) is 0. The van der Waals surface area contributed by atoms with E-state index in [2.05, 4.69) is 42.5 Å². The van der Waals surface area contributed by atoms with Gasteiger partial charge in [0, 0.05) is 11.4 Å². The van der Waals surface area contributed by atoms with Crippen LogP contribution in [0.5, 0.6) is 0 Å². The maximum Gasteiger partial charge on any atom is 0.265 e. The summed E-state index contributed by atoms with van der Waals surface area (Å²) in [6, 6.07) is 23.0. The number of carbonyl (C=O) groups is 2. The van der Waals surface area contributed by atoms with Crippen molar-refractivity contribution >= 4 is 77.7 Å². The van der Waals surface area contributed by atoms with Gasteiger partial charge in [-0.2, -0.15) is 0 Å². The Bertz CT molecular complexity index is 1120. The van der Waals surface area contributed by atoms with E-state index >= 15 is 0 Å². The van der Waals surface area contributed by atoms with E-state index in [9.17, 15) is 9.59 Å². The number of carbonyl (C=O) groups excluding carboxylic acids is 2. The molecule has 2 aromatic heterocycles. The largest absolute Gasteiger partial charge is 0.321 e. The zero-order chi connectivity index (χ0) is 21.8. The summed E-state index contributed by atoms with van der Waals surface area (Å²) in [5.74, 6) is -0.230. The van der Waals surface area contributed by atoms with E-state index in [4.69, 9.17) is 0 Å². The van der Waals surface area contributed by atoms with Crippen LogP contribution in [0.3, 0.4) is 0 Å². The molecule has 2 amide bonds. The Morgan fingerprint density at radius 2 is 1.00 bits per heavy atom. The van der Waals surface area contributed by atoms with E-state index in [1.165, 1.54) is 22.7 Å². The Morgan fingerprint density at radius 1 is 0.613 bits per heavy atom. The van der Waals surface area contributed by atoms with Crippen LogP contribution in [-0.4, -0.2) is 11.8 Å². The number of thiophene rings is 2. The summed E-state index contributed by atoms with van der Waals surface area (Å²) in [6.45, 7) is 0. The van der Waals surface area contributed by atoms with Crippen molar-refractivity contribution in [2.45, 2.75) is 6.42 Å². The molecule has 2 heterocycles. The van der Waals surface area contributed by atoms with Crippen molar-refractivity contribution in [3.05, 3.63) is 101 Å². The summed E-state index contributed by atoms with van der Waals surface area (Å²) in [4.78, 5) is 25.8. The summed E-state index contributed by atoms with van der Waals surface area (Å²) >= 11 is 9.54. The maximum atomic E-state index is 12.3. The highest BCUT2D eigenvalue weighted by molar-refractivity contribution is 9.11. The van der Waals surface area contributed by atoms with Crippen molar-refractivity contribution in [3.8, 4) is 0 Å². The van der Waals surface area contributed by atoms with Gasteiger partial charge in [-0.3, -0.25) is 9.59 Å². The predicted octanol–water partition coefficient (Wildman–Crippen LogP) is 7.43. The highest BCUT2D eigenvalue weighted by atomic mass is 79.9. The van der Waals surface area contributed by atoms with Crippen molar-refractivity contribution in [1.29, 1.82) is 0 Å². The summed E-state index contributed by atoms with van der Waals surface area (Å²) in [5.41, 5.74) is 3.79. The molecule has 8 heteroatoms. The first-order valence-electron chi connectivity index (χ1n) is 9.27. The molecular formula is C23H16Br2N2O2S2. The van der Waals surface area contributed by atoms with Gasteiger partial charge in [0.05, 0.1) is 17.3 Å². The van der Waals surface area contributed by atoms with E-state index < -0.39 is 0 Å². The number of rotatable bonds is 6. The van der Waals surface area contributed by atoms with Crippen molar-refractivity contribution in [1.82, 2.24) is 0 Å². The molecule has 31 heavy (non-hydrogen) atoms. The zero-order valence-corrected chi connectivity index (χ0v) is 20.8. The molecule has 0 aliphatic rings. The SMILES string of the molecule is O=C(Nc1ccc(Cc2ccc(NC(=O)c3ccc(Br)s3)cc2)cc1)c1ccc(Br)s1. The lowest BCUT2D eigenvalue weighted by atomic mass is 10.0. The first-order valence-corrected chi connectivity index (χ1v) is 12.5. The van der Waals surface area contributed by atoms with E-state index in [0.717, 1.165) is 36.5 Å². The van der Waals surface area contributed by atoms with Crippen LogP contribution in [0.2, 0.25) is 0 Å². The Morgan fingerprint density at radius 3 is 1.32 bits per heavy atom. The van der Waals surface area contributed by atoms with Gasteiger partial charge in [-0.25, -0.2) is 0 Å². The van der Waals surface area contributed by atoms with Gasteiger partial charge in [0.2, 0.25) is 0 Å². The third kappa shape index (κ3) is 5.92. The lowest BCUT2D eigenvalue weighted by molar-refractivity contribution is 0.102. The number of hydrogen-bond acceptors (Lipinski definition) is 4. The van der Waals surface area contributed by atoms with E-state index in [0.29, 0.717) is 9.75 Å². The molecule has 2 N–H and O–H groups in total. The lowest BCUT2D eigenvalue weighted by Gasteiger charge is -2.08. The van der Waals surface area contributed by atoms with Gasteiger partial charge in [0.25, 0.3) is 11.8 Å². The number of anilines is 2. The van der Waals surface area contributed by atoms with Crippen LogP contribution in [0.4, 0.5) is 11.4 Å². The quantitative estimate of drug-likeness (QED) is 0.251. The van der Waals surface area contributed by atoms with E-state index in [1.807, 2.05) is 60.7 Å². The fraction of sp³-hybridized carbons (Fsp3) is 0.0435. The molecule has 2 aromatic carbocycles. The van der Waals surface area contributed by atoms with Crippen LogP contribution in [0.25, 0.3) is 0 Å². The molecular weight excluding hydrogens is 560 g/mol. The standard InChI is InChI=1S/C23H16Br2N2O2S2/c24-20-11-9-18(30-20)22(28)26-16-5-1-14(2-6-16)13-15-3-7-17(8-4-15)27-23(29)19-10-12-21(25)31-19/h1-12H,13H2,(H,26,28)(H,27,29). The first kappa shape index (κ1) is 22.0. The fourth-order valence-corrected chi connectivity index (χ4v) is 5.47. The van der Waals surface area contributed by atoms with Gasteiger partial charge in [-0.1, -0.05) is 24.3 Å². The molecule has 4 nitrogen and oxygen atoms in total. The fourth-order valence-electron chi connectivity index (χ4n) is 2.91. The molecule has 0 aliphatic carbocycles. The van der Waals surface area contributed by atoms with E-state index in [1.54, 1.807) is 12.1 Å². The van der Waals surface area contributed by atoms with Gasteiger partial charge >= 0.3 is 0 Å².